The Kier molecular flexibility index (Phi) is 2.29. The van der Waals surface area contributed by atoms with E-state index < -0.39 is 0 Å². The monoisotopic (exact) mass is 168 g/mol. The van der Waals surface area contributed by atoms with E-state index in [0.717, 1.165) is 10.7 Å². The van der Waals surface area contributed by atoms with E-state index in [0.29, 0.717) is 12.1 Å². The number of nitrogens with two attached hydrogens (primary N) is 1. The van der Waals surface area contributed by atoms with E-state index in [2.05, 4.69) is 18.5 Å². The van der Waals surface area contributed by atoms with Gasteiger partial charge in [0.2, 0.25) is 0 Å². The van der Waals surface area contributed by atoms with E-state index in [9.17, 15) is 0 Å². The highest BCUT2D eigenvalue weighted by Gasteiger charge is 2.03. The number of allylic oxidation sites excluding steroid dienone is 1. The molecule has 0 bridgehead atoms. The van der Waals surface area contributed by atoms with E-state index in [1.807, 2.05) is 6.92 Å². The molecule has 11 heavy (non-hydrogen) atoms. The summed E-state index contributed by atoms with van der Waals surface area (Å²) in [6, 6.07) is 0. The van der Waals surface area contributed by atoms with Crippen LogP contribution in [-0.4, -0.2) is 4.98 Å². The third-order valence-corrected chi connectivity index (χ3v) is 2.32. The van der Waals surface area contributed by atoms with Crippen LogP contribution in [-0.2, 0) is 6.42 Å². The van der Waals surface area contributed by atoms with Crippen LogP contribution < -0.4 is 5.73 Å². The SMILES string of the molecule is C=C(N)Cc1nc(C)sc1C. The number of hydrogen-bond acceptors (Lipinski definition) is 3. The average molecular weight is 168 g/mol. The van der Waals surface area contributed by atoms with Crippen LogP contribution in [0.15, 0.2) is 12.3 Å². The molecule has 0 aromatic carbocycles. The Hall–Kier alpha value is -0.830. The van der Waals surface area contributed by atoms with Gasteiger partial charge in [-0.3, -0.25) is 0 Å². The fraction of sp³-hybridized carbons (Fsp3) is 0.375. The van der Waals surface area contributed by atoms with Crippen molar-refractivity contribution in [2.45, 2.75) is 20.3 Å². The normalized spacial score (nSPS) is 10.0. The van der Waals surface area contributed by atoms with Gasteiger partial charge in [0.1, 0.15) is 0 Å². The van der Waals surface area contributed by atoms with E-state index in [1.165, 1.54) is 4.88 Å². The molecule has 0 radical (unpaired) electrons. The second kappa shape index (κ2) is 3.05. The van der Waals surface area contributed by atoms with Gasteiger partial charge in [-0.15, -0.1) is 11.3 Å². The van der Waals surface area contributed by atoms with Crippen LogP contribution in [0.2, 0.25) is 0 Å². The molecule has 0 saturated heterocycles. The molecule has 0 fully saturated rings. The second-order valence-corrected chi connectivity index (χ2v) is 3.98. The first-order valence-corrected chi connectivity index (χ1v) is 4.27. The minimum absolute atomic E-state index is 0.679. The molecule has 1 heterocycles. The van der Waals surface area contributed by atoms with Gasteiger partial charge < -0.3 is 5.73 Å². The molecule has 0 aliphatic carbocycles. The highest BCUT2D eigenvalue weighted by atomic mass is 32.1. The summed E-state index contributed by atoms with van der Waals surface area (Å²) in [6.07, 6.45) is 0.705. The van der Waals surface area contributed by atoms with E-state index >= 15 is 0 Å². The van der Waals surface area contributed by atoms with Crippen molar-refractivity contribution in [3.63, 3.8) is 0 Å². The number of nitrogens with zero attached hydrogens (tertiary/aromatic N) is 1. The van der Waals surface area contributed by atoms with Crippen LogP contribution in [0.4, 0.5) is 0 Å². The van der Waals surface area contributed by atoms with Crippen molar-refractivity contribution in [3.8, 4) is 0 Å². The van der Waals surface area contributed by atoms with Crippen molar-refractivity contribution in [2.75, 3.05) is 0 Å². The zero-order chi connectivity index (χ0) is 8.43. The second-order valence-electron chi connectivity index (χ2n) is 2.57. The van der Waals surface area contributed by atoms with Crippen LogP contribution in [0.1, 0.15) is 15.6 Å². The molecule has 0 unspecified atom stereocenters. The topological polar surface area (TPSA) is 38.9 Å². The molecule has 0 aliphatic rings. The fourth-order valence-electron chi connectivity index (χ4n) is 0.951. The molecule has 60 valence electrons. The van der Waals surface area contributed by atoms with E-state index in [1.54, 1.807) is 11.3 Å². The van der Waals surface area contributed by atoms with Gasteiger partial charge in [-0.05, 0) is 13.8 Å². The number of aryl methyl sites for hydroxylation is 2. The third-order valence-electron chi connectivity index (χ3n) is 1.39. The predicted octanol–water partition coefficient (Wildman–Crippen LogP) is 1.77. The van der Waals surface area contributed by atoms with Gasteiger partial charge in [0.25, 0.3) is 0 Å². The molecule has 0 amide bonds. The van der Waals surface area contributed by atoms with Crippen LogP contribution in [0.5, 0.6) is 0 Å². The summed E-state index contributed by atoms with van der Waals surface area (Å²) in [5.74, 6) is 0. The van der Waals surface area contributed by atoms with Crippen molar-refractivity contribution >= 4 is 11.3 Å². The van der Waals surface area contributed by atoms with Gasteiger partial charge in [-0.2, -0.15) is 0 Å². The molecule has 2 N–H and O–H groups in total. The van der Waals surface area contributed by atoms with Crippen molar-refractivity contribution in [2.24, 2.45) is 5.73 Å². The largest absolute Gasteiger partial charge is 0.402 e. The van der Waals surface area contributed by atoms with Crippen molar-refractivity contribution in [1.29, 1.82) is 0 Å². The Bertz CT molecular complexity index is 276. The molecule has 0 spiro atoms. The lowest BCUT2D eigenvalue weighted by Gasteiger charge is -1.95. The smallest absolute Gasteiger partial charge is 0.0900 e. The number of rotatable bonds is 2. The predicted molar refractivity (Wildman–Crippen MR) is 48.6 cm³/mol. The number of hydrogen-bond donors (Lipinski definition) is 1. The Morgan fingerprint density at radius 3 is 2.64 bits per heavy atom. The zero-order valence-corrected chi connectivity index (χ0v) is 7.66. The summed E-state index contributed by atoms with van der Waals surface area (Å²) < 4.78 is 0. The van der Waals surface area contributed by atoms with Gasteiger partial charge in [0.05, 0.1) is 10.7 Å². The lowest BCUT2D eigenvalue weighted by molar-refractivity contribution is 1.03. The molecular formula is C8H12N2S. The van der Waals surface area contributed by atoms with E-state index in [-0.39, 0.29) is 0 Å². The lowest BCUT2D eigenvalue weighted by atomic mass is 10.2. The van der Waals surface area contributed by atoms with Gasteiger partial charge in [-0.1, -0.05) is 6.58 Å². The molecule has 1 rings (SSSR count). The number of thiazole rings is 1. The molecule has 1 aromatic rings. The summed E-state index contributed by atoms with van der Waals surface area (Å²) in [6.45, 7) is 7.70. The summed E-state index contributed by atoms with van der Waals surface area (Å²) in [7, 11) is 0. The lowest BCUT2D eigenvalue weighted by Crippen LogP contribution is -2.00. The minimum atomic E-state index is 0.679. The maximum absolute atomic E-state index is 5.47. The zero-order valence-electron chi connectivity index (χ0n) is 6.85. The van der Waals surface area contributed by atoms with Crippen molar-refractivity contribution in [3.05, 3.63) is 27.9 Å². The number of aromatic nitrogens is 1. The molecule has 0 saturated carbocycles. The van der Waals surface area contributed by atoms with Gasteiger partial charge >= 0.3 is 0 Å². The highest BCUT2D eigenvalue weighted by molar-refractivity contribution is 7.11. The molecule has 0 aliphatic heterocycles. The highest BCUT2D eigenvalue weighted by Crippen LogP contribution is 2.17. The maximum atomic E-state index is 5.47. The van der Waals surface area contributed by atoms with E-state index in [4.69, 9.17) is 5.73 Å². The summed E-state index contributed by atoms with van der Waals surface area (Å²) in [5, 5.41) is 1.10. The van der Waals surface area contributed by atoms with Crippen LogP contribution in [0.25, 0.3) is 0 Å². The third kappa shape index (κ3) is 2.05. The molecule has 1 aromatic heterocycles. The van der Waals surface area contributed by atoms with Gasteiger partial charge in [-0.25, -0.2) is 4.98 Å². The Balaban J connectivity index is 2.85. The fourth-order valence-corrected chi connectivity index (χ4v) is 1.79. The minimum Gasteiger partial charge on any atom is -0.402 e. The molecular weight excluding hydrogens is 156 g/mol. The Morgan fingerprint density at radius 2 is 2.27 bits per heavy atom. The van der Waals surface area contributed by atoms with Crippen molar-refractivity contribution in [1.82, 2.24) is 4.98 Å². The Morgan fingerprint density at radius 1 is 1.64 bits per heavy atom. The summed E-state index contributed by atoms with van der Waals surface area (Å²) >= 11 is 1.70. The van der Waals surface area contributed by atoms with Crippen LogP contribution in [0.3, 0.4) is 0 Å². The first-order valence-electron chi connectivity index (χ1n) is 3.45. The maximum Gasteiger partial charge on any atom is 0.0900 e. The Labute approximate surface area is 70.8 Å². The quantitative estimate of drug-likeness (QED) is 0.731. The first kappa shape index (κ1) is 8.27. The van der Waals surface area contributed by atoms with Crippen molar-refractivity contribution < 1.29 is 0 Å². The summed E-state index contributed by atoms with van der Waals surface area (Å²) in [5.41, 5.74) is 7.22. The standard InChI is InChI=1S/C8H12N2S/c1-5(9)4-8-6(2)11-7(3)10-8/h1,4,9H2,2-3H3. The van der Waals surface area contributed by atoms with Gasteiger partial charge in [0.15, 0.2) is 0 Å². The van der Waals surface area contributed by atoms with Crippen LogP contribution in [0, 0.1) is 13.8 Å². The molecule has 2 nitrogen and oxygen atoms in total. The van der Waals surface area contributed by atoms with Gasteiger partial charge in [0, 0.05) is 17.0 Å². The van der Waals surface area contributed by atoms with Crippen LogP contribution >= 0.6 is 11.3 Å². The molecule has 3 heteroatoms. The molecule has 0 atom stereocenters. The first-order chi connectivity index (χ1) is 5.09. The summed E-state index contributed by atoms with van der Waals surface area (Å²) in [4.78, 5) is 5.57. The average Bonchev–Trinajstić information content (AvgIpc) is 2.09.